The molecule has 6 heteroatoms. The summed E-state index contributed by atoms with van der Waals surface area (Å²) in [5.41, 5.74) is 3.08. The van der Waals surface area contributed by atoms with Crippen LogP contribution in [0.2, 0.25) is 5.02 Å². The standard InChI is InChI=1S/C19H11ClN2O2S/c20-15-3-1-2-12(7-15)6-14(9-21)19-22-16(10-25-19)13-4-5-17-18(8-13)24-11-23-17/h1-8,10H,11H2. The van der Waals surface area contributed by atoms with Crippen LogP contribution in [0.3, 0.4) is 0 Å². The molecule has 0 bridgehead atoms. The van der Waals surface area contributed by atoms with Crippen molar-refractivity contribution in [3.63, 3.8) is 0 Å². The maximum atomic E-state index is 9.50. The van der Waals surface area contributed by atoms with E-state index in [1.165, 1.54) is 11.3 Å². The van der Waals surface area contributed by atoms with Crippen LogP contribution < -0.4 is 9.47 Å². The Morgan fingerprint density at radius 1 is 1.20 bits per heavy atom. The molecule has 0 amide bonds. The molecule has 0 aliphatic carbocycles. The van der Waals surface area contributed by atoms with E-state index in [0.29, 0.717) is 21.4 Å². The van der Waals surface area contributed by atoms with Gasteiger partial charge in [-0.25, -0.2) is 4.98 Å². The SMILES string of the molecule is N#CC(=Cc1cccc(Cl)c1)c1nc(-c2ccc3c(c2)OCO3)cs1. The molecule has 0 radical (unpaired) electrons. The van der Waals surface area contributed by atoms with Gasteiger partial charge in [-0.05, 0) is 42.0 Å². The quantitative estimate of drug-likeness (QED) is 0.593. The highest BCUT2D eigenvalue weighted by atomic mass is 35.5. The van der Waals surface area contributed by atoms with Gasteiger partial charge in [0, 0.05) is 16.0 Å². The lowest BCUT2D eigenvalue weighted by molar-refractivity contribution is 0.174. The molecule has 2 heterocycles. The number of hydrogen-bond acceptors (Lipinski definition) is 5. The molecule has 1 aromatic heterocycles. The number of hydrogen-bond donors (Lipinski definition) is 0. The predicted molar refractivity (Wildman–Crippen MR) is 98.6 cm³/mol. The minimum Gasteiger partial charge on any atom is -0.454 e. The van der Waals surface area contributed by atoms with E-state index in [9.17, 15) is 5.26 Å². The number of nitrogens with zero attached hydrogens (tertiary/aromatic N) is 2. The van der Waals surface area contributed by atoms with Gasteiger partial charge in [-0.3, -0.25) is 0 Å². The number of benzene rings is 2. The summed E-state index contributed by atoms with van der Waals surface area (Å²) in [6.07, 6.45) is 1.79. The van der Waals surface area contributed by atoms with Gasteiger partial charge in [0.1, 0.15) is 11.1 Å². The molecule has 0 saturated heterocycles. The number of allylic oxidation sites excluding steroid dienone is 1. The molecule has 4 nitrogen and oxygen atoms in total. The van der Waals surface area contributed by atoms with Gasteiger partial charge in [0.2, 0.25) is 6.79 Å². The van der Waals surface area contributed by atoms with Crippen LogP contribution in [0.5, 0.6) is 11.5 Å². The first-order valence-corrected chi connectivity index (χ1v) is 8.72. The summed E-state index contributed by atoms with van der Waals surface area (Å²) < 4.78 is 10.7. The molecule has 0 saturated carbocycles. The van der Waals surface area contributed by atoms with Gasteiger partial charge in [-0.2, -0.15) is 5.26 Å². The first kappa shape index (κ1) is 15.7. The second-order valence-corrected chi connectivity index (χ2v) is 6.63. The average molecular weight is 367 g/mol. The monoisotopic (exact) mass is 366 g/mol. The lowest BCUT2D eigenvalue weighted by atomic mass is 10.1. The Kier molecular flexibility index (Phi) is 4.14. The second-order valence-electron chi connectivity index (χ2n) is 5.33. The van der Waals surface area contributed by atoms with E-state index in [-0.39, 0.29) is 6.79 Å². The van der Waals surface area contributed by atoms with Gasteiger partial charge in [-0.1, -0.05) is 23.7 Å². The molecule has 1 aliphatic rings. The van der Waals surface area contributed by atoms with Crippen molar-refractivity contribution in [1.29, 1.82) is 5.26 Å². The molecule has 1 aliphatic heterocycles. The molecule has 0 N–H and O–H groups in total. The van der Waals surface area contributed by atoms with Crippen LogP contribution in [0.15, 0.2) is 47.8 Å². The van der Waals surface area contributed by atoms with Crippen molar-refractivity contribution >= 4 is 34.6 Å². The normalized spacial score (nSPS) is 12.9. The highest BCUT2D eigenvalue weighted by Crippen LogP contribution is 2.36. The van der Waals surface area contributed by atoms with Crippen LogP contribution in [0.1, 0.15) is 10.6 Å². The molecule has 3 aromatic rings. The molecular formula is C19H11ClN2O2S. The smallest absolute Gasteiger partial charge is 0.231 e. The number of aromatic nitrogens is 1. The van der Waals surface area contributed by atoms with Crippen LogP contribution in [0, 0.1) is 11.3 Å². The summed E-state index contributed by atoms with van der Waals surface area (Å²) in [4.78, 5) is 4.59. The number of rotatable bonds is 3. The Morgan fingerprint density at radius 3 is 2.92 bits per heavy atom. The largest absolute Gasteiger partial charge is 0.454 e. The fraction of sp³-hybridized carbons (Fsp3) is 0.0526. The summed E-state index contributed by atoms with van der Waals surface area (Å²) >= 11 is 7.43. The van der Waals surface area contributed by atoms with Crippen molar-refractivity contribution in [3.8, 4) is 28.8 Å². The van der Waals surface area contributed by atoms with Crippen molar-refractivity contribution in [2.75, 3.05) is 6.79 Å². The van der Waals surface area contributed by atoms with E-state index in [2.05, 4.69) is 11.1 Å². The molecule has 0 atom stereocenters. The predicted octanol–water partition coefficient (Wildman–Crippen LogP) is 5.26. The summed E-state index contributed by atoms with van der Waals surface area (Å²) in [5.74, 6) is 1.44. The summed E-state index contributed by atoms with van der Waals surface area (Å²) in [6.45, 7) is 0.238. The Bertz CT molecular complexity index is 1020. The Morgan fingerprint density at radius 2 is 2.08 bits per heavy atom. The van der Waals surface area contributed by atoms with Crippen LogP contribution >= 0.6 is 22.9 Å². The van der Waals surface area contributed by atoms with E-state index in [1.807, 2.05) is 41.8 Å². The number of thiazole rings is 1. The lowest BCUT2D eigenvalue weighted by Gasteiger charge is -1.99. The zero-order chi connectivity index (χ0) is 17.2. The lowest BCUT2D eigenvalue weighted by Crippen LogP contribution is -1.92. The fourth-order valence-electron chi connectivity index (χ4n) is 2.49. The molecule has 2 aromatic carbocycles. The van der Waals surface area contributed by atoms with Crippen molar-refractivity contribution in [2.24, 2.45) is 0 Å². The van der Waals surface area contributed by atoms with Gasteiger partial charge >= 0.3 is 0 Å². The van der Waals surface area contributed by atoms with E-state index < -0.39 is 0 Å². The second kappa shape index (κ2) is 6.60. The maximum absolute atomic E-state index is 9.50. The average Bonchev–Trinajstić information content (AvgIpc) is 3.28. The zero-order valence-electron chi connectivity index (χ0n) is 12.9. The molecule has 0 fully saturated rings. The summed E-state index contributed by atoms with van der Waals surface area (Å²) in [5, 5.41) is 12.7. The van der Waals surface area contributed by atoms with Crippen LogP contribution in [-0.2, 0) is 0 Å². The minimum atomic E-state index is 0.238. The Hall–Kier alpha value is -2.81. The third-order valence-corrected chi connectivity index (χ3v) is 4.79. The van der Waals surface area contributed by atoms with Crippen LogP contribution in [-0.4, -0.2) is 11.8 Å². The molecule has 0 spiro atoms. The number of halogens is 1. The van der Waals surface area contributed by atoms with Crippen LogP contribution in [0.25, 0.3) is 22.9 Å². The van der Waals surface area contributed by atoms with E-state index in [0.717, 1.165) is 22.6 Å². The first-order chi connectivity index (χ1) is 12.2. The third-order valence-electron chi connectivity index (χ3n) is 3.68. The molecule has 122 valence electrons. The van der Waals surface area contributed by atoms with Crippen LogP contribution in [0.4, 0.5) is 0 Å². The van der Waals surface area contributed by atoms with Crippen molar-refractivity contribution in [2.45, 2.75) is 0 Å². The van der Waals surface area contributed by atoms with Gasteiger partial charge in [-0.15, -0.1) is 11.3 Å². The molecule has 4 rings (SSSR count). The van der Waals surface area contributed by atoms with Gasteiger partial charge in [0.25, 0.3) is 0 Å². The zero-order valence-corrected chi connectivity index (χ0v) is 14.5. The fourth-order valence-corrected chi connectivity index (χ4v) is 3.48. The van der Waals surface area contributed by atoms with Gasteiger partial charge in [0.15, 0.2) is 11.5 Å². The number of fused-ring (bicyclic) bond motifs is 1. The molecule has 25 heavy (non-hydrogen) atoms. The topological polar surface area (TPSA) is 55.1 Å². The number of ether oxygens (including phenoxy) is 2. The van der Waals surface area contributed by atoms with Gasteiger partial charge < -0.3 is 9.47 Å². The maximum Gasteiger partial charge on any atom is 0.231 e. The number of nitriles is 1. The van der Waals surface area contributed by atoms with E-state index >= 15 is 0 Å². The first-order valence-electron chi connectivity index (χ1n) is 7.46. The molecule has 0 unspecified atom stereocenters. The molecular weight excluding hydrogens is 356 g/mol. The third kappa shape index (κ3) is 3.22. The minimum absolute atomic E-state index is 0.238. The van der Waals surface area contributed by atoms with Crippen molar-refractivity contribution in [1.82, 2.24) is 4.98 Å². The van der Waals surface area contributed by atoms with Gasteiger partial charge in [0.05, 0.1) is 11.3 Å². The summed E-state index contributed by atoms with van der Waals surface area (Å²) in [7, 11) is 0. The van der Waals surface area contributed by atoms with Crippen molar-refractivity contribution < 1.29 is 9.47 Å². The highest BCUT2D eigenvalue weighted by Gasteiger charge is 2.15. The Balaban J connectivity index is 1.67. The van der Waals surface area contributed by atoms with E-state index in [1.54, 1.807) is 12.1 Å². The van der Waals surface area contributed by atoms with E-state index in [4.69, 9.17) is 21.1 Å². The highest BCUT2D eigenvalue weighted by molar-refractivity contribution is 7.11. The Labute approximate surface area is 153 Å². The van der Waals surface area contributed by atoms with Crippen molar-refractivity contribution in [3.05, 3.63) is 63.4 Å². The summed E-state index contributed by atoms with van der Waals surface area (Å²) in [6, 6.07) is 15.3.